The van der Waals surface area contributed by atoms with Crippen molar-refractivity contribution in [2.24, 2.45) is 0 Å². The number of carbonyl (C=O) groups is 2. The second kappa shape index (κ2) is 9.40. The summed E-state index contributed by atoms with van der Waals surface area (Å²) in [5, 5.41) is 0.0900. The smallest absolute Gasteiger partial charge is 0.326 e. The average Bonchev–Trinajstić information content (AvgIpc) is 2.73. The molecule has 0 radical (unpaired) electrons. The van der Waals surface area contributed by atoms with Gasteiger partial charge in [-0.15, -0.1) is 0 Å². The molecule has 160 valence electrons. The van der Waals surface area contributed by atoms with E-state index in [0.29, 0.717) is 11.1 Å². The predicted octanol–water partition coefficient (Wildman–Crippen LogP) is 2.35. The molecule has 1 saturated heterocycles. The third-order valence-corrected chi connectivity index (χ3v) is 7.37. The van der Waals surface area contributed by atoms with Crippen LogP contribution in [0.1, 0.15) is 37.1 Å². The molecule has 0 saturated carbocycles. The molecule has 3 rings (SSSR count). The summed E-state index contributed by atoms with van der Waals surface area (Å²) < 4.78 is 37.5. The highest BCUT2D eigenvalue weighted by Gasteiger charge is 2.56. The molecule has 7 nitrogen and oxygen atoms in total. The summed E-state index contributed by atoms with van der Waals surface area (Å²) in [5.41, 5.74) is 1.23. The maximum Gasteiger partial charge on any atom is 0.326 e. The molecule has 1 heterocycles. The number of carbonyl (C=O) groups excluding carboxylic acids is 2. The fraction of sp³-hybridized carbons (Fsp3) is 0.364. The van der Waals surface area contributed by atoms with E-state index in [-0.39, 0.29) is 13.2 Å². The minimum absolute atomic E-state index is 0.0263. The predicted molar refractivity (Wildman–Crippen MR) is 111 cm³/mol. The number of hydrogen-bond acceptors (Lipinski definition) is 7. The zero-order chi connectivity index (χ0) is 21.7. The van der Waals surface area contributed by atoms with Gasteiger partial charge in [0.25, 0.3) is 0 Å². The van der Waals surface area contributed by atoms with Crippen LogP contribution in [0, 0.1) is 0 Å². The van der Waals surface area contributed by atoms with Crippen LogP contribution in [-0.4, -0.2) is 44.1 Å². The minimum atomic E-state index is -4.31. The lowest BCUT2D eigenvalue weighted by atomic mass is 9.97. The molecular formula is C22H25NO6S. The maximum absolute atomic E-state index is 13.7. The number of benzene rings is 2. The summed E-state index contributed by atoms with van der Waals surface area (Å²) in [5.74, 6) is -1.78. The van der Waals surface area contributed by atoms with Gasteiger partial charge in [-0.3, -0.25) is 14.9 Å². The van der Waals surface area contributed by atoms with E-state index >= 15 is 0 Å². The fourth-order valence-corrected chi connectivity index (χ4v) is 5.98. The second-order valence-corrected chi connectivity index (χ2v) is 9.07. The van der Waals surface area contributed by atoms with E-state index in [0.717, 1.165) is 0 Å². The molecule has 1 aliphatic heterocycles. The minimum Gasteiger partial charge on any atom is -0.465 e. The van der Waals surface area contributed by atoms with Crippen molar-refractivity contribution in [3.8, 4) is 0 Å². The van der Waals surface area contributed by atoms with Gasteiger partial charge in [0.05, 0.1) is 25.3 Å². The number of rotatable bonds is 6. The largest absolute Gasteiger partial charge is 0.465 e. The zero-order valence-electron chi connectivity index (χ0n) is 16.9. The van der Waals surface area contributed by atoms with Crippen LogP contribution in [0.15, 0.2) is 60.7 Å². The standard InChI is InChI=1S/C22H25NO6S/c1-3-28-21(24)19-17(15-11-7-5-8-12-15)23-18(16-13-9-6-10-14-16)20(30(19,26)27)22(25)29-4-2/h5-14,17-20,23H,3-4H2,1-2H3. The van der Waals surface area contributed by atoms with Gasteiger partial charge in [-0.2, -0.15) is 0 Å². The highest BCUT2D eigenvalue weighted by Crippen LogP contribution is 2.39. The van der Waals surface area contributed by atoms with E-state index in [1.165, 1.54) is 0 Å². The van der Waals surface area contributed by atoms with Crippen LogP contribution in [0.25, 0.3) is 0 Å². The summed E-state index contributed by atoms with van der Waals surface area (Å²) >= 11 is 0. The quantitative estimate of drug-likeness (QED) is 0.701. The summed E-state index contributed by atoms with van der Waals surface area (Å²) in [6, 6.07) is 15.9. The van der Waals surface area contributed by atoms with Crippen molar-refractivity contribution in [2.75, 3.05) is 13.2 Å². The first kappa shape index (κ1) is 22.0. The molecule has 1 aliphatic rings. The van der Waals surface area contributed by atoms with Crippen molar-refractivity contribution >= 4 is 21.8 Å². The molecule has 2 aromatic rings. The third-order valence-electron chi connectivity index (χ3n) is 5.03. The van der Waals surface area contributed by atoms with Crippen LogP contribution in [0.4, 0.5) is 0 Å². The van der Waals surface area contributed by atoms with Gasteiger partial charge in [-0.25, -0.2) is 8.42 Å². The van der Waals surface area contributed by atoms with E-state index in [1.54, 1.807) is 74.5 Å². The van der Waals surface area contributed by atoms with Gasteiger partial charge in [0.15, 0.2) is 20.3 Å². The Morgan fingerprint density at radius 2 is 1.13 bits per heavy atom. The third kappa shape index (κ3) is 4.24. The Hall–Kier alpha value is -2.71. The number of esters is 2. The second-order valence-electron chi connectivity index (χ2n) is 6.88. The normalized spacial score (nSPS) is 25.3. The summed E-state index contributed by atoms with van der Waals surface area (Å²) in [6.45, 7) is 3.26. The Morgan fingerprint density at radius 1 is 0.767 bits per heavy atom. The van der Waals surface area contributed by atoms with Crippen LogP contribution >= 0.6 is 0 Å². The molecule has 1 N–H and O–H groups in total. The zero-order valence-corrected chi connectivity index (χ0v) is 17.7. The topological polar surface area (TPSA) is 98.8 Å². The Kier molecular flexibility index (Phi) is 6.89. The van der Waals surface area contributed by atoms with Crippen LogP contribution in [0.3, 0.4) is 0 Å². The molecule has 4 atom stereocenters. The Labute approximate surface area is 176 Å². The van der Waals surface area contributed by atoms with Crippen molar-refractivity contribution in [3.05, 3.63) is 71.8 Å². The molecule has 0 amide bonds. The van der Waals surface area contributed by atoms with E-state index < -0.39 is 44.4 Å². The van der Waals surface area contributed by atoms with Gasteiger partial charge >= 0.3 is 11.9 Å². The summed E-state index contributed by atoms with van der Waals surface area (Å²) in [7, 11) is -4.31. The maximum atomic E-state index is 13.7. The van der Waals surface area contributed by atoms with Crippen molar-refractivity contribution in [3.63, 3.8) is 0 Å². The number of sulfone groups is 1. The van der Waals surface area contributed by atoms with Crippen LogP contribution < -0.4 is 5.32 Å². The SMILES string of the molecule is CCOC(=O)C1C(c2ccccc2)NC(c2ccccc2)C(C(=O)OCC)S1(=O)=O. The molecule has 4 unspecified atom stereocenters. The van der Waals surface area contributed by atoms with Gasteiger partial charge in [-0.05, 0) is 25.0 Å². The van der Waals surface area contributed by atoms with E-state index in [4.69, 9.17) is 9.47 Å². The number of hydrogen-bond donors (Lipinski definition) is 1. The first-order chi connectivity index (χ1) is 14.4. The van der Waals surface area contributed by atoms with Gasteiger partial charge in [0.1, 0.15) is 0 Å². The molecule has 0 bridgehead atoms. The monoisotopic (exact) mass is 431 g/mol. The highest BCUT2D eigenvalue weighted by atomic mass is 32.2. The van der Waals surface area contributed by atoms with E-state index in [1.807, 2.05) is 0 Å². The molecule has 0 aromatic heterocycles. The Morgan fingerprint density at radius 3 is 1.47 bits per heavy atom. The lowest BCUT2D eigenvalue weighted by Crippen LogP contribution is -2.59. The van der Waals surface area contributed by atoms with Crippen molar-refractivity contribution in [2.45, 2.75) is 36.4 Å². The fourth-order valence-electron chi connectivity index (χ4n) is 3.76. The van der Waals surface area contributed by atoms with Crippen molar-refractivity contribution < 1.29 is 27.5 Å². The van der Waals surface area contributed by atoms with E-state index in [2.05, 4.69) is 5.32 Å². The van der Waals surface area contributed by atoms with E-state index in [9.17, 15) is 18.0 Å². The molecule has 1 fully saturated rings. The lowest BCUT2D eigenvalue weighted by molar-refractivity contribution is -0.144. The number of nitrogens with one attached hydrogen (secondary N) is 1. The molecule has 30 heavy (non-hydrogen) atoms. The van der Waals surface area contributed by atoms with Gasteiger partial charge < -0.3 is 9.47 Å². The molecule has 2 aromatic carbocycles. The Balaban J connectivity index is 2.17. The number of ether oxygens (including phenoxy) is 2. The first-order valence-corrected chi connectivity index (χ1v) is 11.4. The van der Waals surface area contributed by atoms with Crippen LogP contribution in [-0.2, 0) is 28.9 Å². The van der Waals surface area contributed by atoms with Gasteiger partial charge in [0, 0.05) is 0 Å². The lowest BCUT2D eigenvalue weighted by Gasteiger charge is -2.40. The van der Waals surface area contributed by atoms with Gasteiger partial charge in [0.2, 0.25) is 0 Å². The molecular weight excluding hydrogens is 406 g/mol. The van der Waals surface area contributed by atoms with Gasteiger partial charge in [-0.1, -0.05) is 60.7 Å². The molecule has 8 heteroatoms. The first-order valence-electron chi connectivity index (χ1n) is 9.83. The summed E-state index contributed by atoms with van der Waals surface area (Å²) in [6.07, 6.45) is 0. The van der Waals surface area contributed by atoms with Crippen molar-refractivity contribution in [1.29, 1.82) is 0 Å². The molecule has 0 aliphatic carbocycles. The summed E-state index contributed by atoms with van der Waals surface area (Å²) in [4.78, 5) is 25.5. The highest BCUT2D eigenvalue weighted by molar-refractivity contribution is 7.94. The average molecular weight is 432 g/mol. The molecule has 0 spiro atoms. The van der Waals surface area contributed by atoms with Crippen LogP contribution in [0.2, 0.25) is 0 Å². The van der Waals surface area contributed by atoms with Crippen LogP contribution in [0.5, 0.6) is 0 Å². The van der Waals surface area contributed by atoms with Crippen molar-refractivity contribution in [1.82, 2.24) is 5.32 Å². The Bertz CT molecular complexity index is 904.